The van der Waals surface area contributed by atoms with Crippen molar-refractivity contribution in [1.82, 2.24) is 4.57 Å². The number of nitro benzene ring substituents is 1. The zero-order chi connectivity index (χ0) is 22.5. The first-order valence-corrected chi connectivity index (χ1v) is 9.68. The third-order valence-corrected chi connectivity index (χ3v) is 4.89. The molecule has 0 saturated carbocycles. The van der Waals surface area contributed by atoms with E-state index in [0.717, 1.165) is 17.4 Å². The Bertz CT molecular complexity index is 1130. The number of ether oxygens (including phenoxy) is 2. The predicted octanol–water partition coefficient (Wildman–Crippen LogP) is 3.64. The topological polar surface area (TPSA) is 152 Å². The van der Waals surface area contributed by atoms with Gasteiger partial charge in [0, 0.05) is 12.2 Å². The van der Waals surface area contributed by atoms with Gasteiger partial charge in [-0.1, -0.05) is 0 Å². The average Bonchev–Trinajstić information content (AvgIpc) is 3.25. The van der Waals surface area contributed by atoms with Crippen LogP contribution in [0.2, 0.25) is 0 Å². The molecule has 2 heterocycles. The number of azo groups is 1. The van der Waals surface area contributed by atoms with Gasteiger partial charge in [-0.15, -0.1) is 10.2 Å². The zero-order valence-corrected chi connectivity index (χ0v) is 17.1. The molecule has 0 spiro atoms. The van der Waals surface area contributed by atoms with Gasteiger partial charge in [0.25, 0.3) is 11.2 Å². The van der Waals surface area contributed by atoms with Crippen molar-refractivity contribution < 1.29 is 19.5 Å². The maximum Gasteiger partial charge on any atom is 0.300 e. The van der Waals surface area contributed by atoms with Gasteiger partial charge in [0.1, 0.15) is 17.4 Å². The summed E-state index contributed by atoms with van der Waals surface area (Å²) in [6.45, 7) is 4.17. The number of hydrogen-bond donors (Lipinski definition) is 1. The van der Waals surface area contributed by atoms with Crippen LogP contribution in [0.1, 0.15) is 30.9 Å². The molecule has 1 atom stereocenters. The normalized spacial score (nSPS) is 15.8. The highest BCUT2D eigenvalue weighted by Crippen LogP contribution is 2.33. The van der Waals surface area contributed by atoms with Crippen molar-refractivity contribution in [2.24, 2.45) is 10.2 Å². The van der Waals surface area contributed by atoms with Gasteiger partial charge in [0.2, 0.25) is 5.88 Å². The summed E-state index contributed by atoms with van der Waals surface area (Å²) in [5, 5.41) is 39.1. The molecule has 1 aromatic heterocycles. The number of rotatable bonds is 7. The number of nitro groups is 1. The molecule has 1 aromatic carbocycles. The van der Waals surface area contributed by atoms with E-state index in [9.17, 15) is 25.3 Å². The van der Waals surface area contributed by atoms with Gasteiger partial charge in [-0.05, 0) is 38.8 Å². The molecule has 2 aromatic rings. The minimum absolute atomic E-state index is 0.0609. The fourth-order valence-electron chi connectivity index (χ4n) is 3.31. The summed E-state index contributed by atoms with van der Waals surface area (Å²) >= 11 is 0. The molecule has 0 radical (unpaired) electrons. The first kappa shape index (κ1) is 21.9. The molecular formula is C20H21N5O6. The lowest BCUT2D eigenvalue weighted by Crippen LogP contribution is -2.27. The largest absolute Gasteiger partial charge is 0.494 e. The van der Waals surface area contributed by atoms with Gasteiger partial charge >= 0.3 is 0 Å². The van der Waals surface area contributed by atoms with E-state index in [1.165, 1.54) is 25.1 Å². The highest BCUT2D eigenvalue weighted by atomic mass is 16.6. The van der Waals surface area contributed by atoms with Crippen molar-refractivity contribution in [2.75, 3.05) is 13.2 Å². The van der Waals surface area contributed by atoms with E-state index in [0.29, 0.717) is 19.0 Å². The Morgan fingerprint density at radius 3 is 2.84 bits per heavy atom. The molecular weight excluding hydrogens is 406 g/mol. The molecule has 0 amide bonds. The van der Waals surface area contributed by atoms with E-state index in [2.05, 4.69) is 10.2 Å². The van der Waals surface area contributed by atoms with Gasteiger partial charge in [-0.25, -0.2) is 0 Å². The Morgan fingerprint density at radius 2 is 2.23 bits per heavy atom. The summed E-state index contributed by atoms with van der Waals surface area (Å²) in [6.07, 6.45) is 1.29. The highest BCUT2D eigenvalue weighted by Gasteiger charge is 2.24. The Balaban J connectivity index is 2.07. The standard InChI is InChI=1S/C20H21N5O6/c1-3-30-13-6-7-16(17(9-13)25(28)29)22-23-18-12(2)15(10-21)19(26)24(20(18)27)11-14-5-4-8-31-14/h6-7,9,14,26H,3-5,8,11H2,1-2H3. The summed E-state index contributed by atoms with van der Waals surface area (Å²) in [5.74, 6) is -0.161. The van der Waals surface area contributed by atoms with Crippen molar-refractivity contribution in [3.63, 3.8) is 0 Å². The monoisotopic (exact) mass is 427 g/mol. The smallest absolute Gasteiger partial charge is 0.300 e. The average molecular weight is 427 g/mol. The van der Waals surface area contributed by atoms with Crippen molar-refractivity contribution in [1.29, 1.82) is 5.26 Å². The van der Waals surface area contributed by atoms with E-state index in [1.54, 1.807) is 6.92 Å². The van der Waals surface area contributed by atoms with Crippen LogP contribution in [0.5, 0.6) is 11.6 Å². The first-order valence-electron chi connectivity index (χ1n) is 9.68. The Hall–Kier alpha value is -3.78. The Labute approximate surface area is 177 Å². The molecule has 162 valence electrons. The van der Waals surface area contributed by atoms with Crippen molar-refractivity contribution >= 4 is 17.1 Å². The lowest BCUT2D eigenvalue weighted by Gasteiger charge is -2.16. The quantitative estimate of drug-likeness (QED) is 0.402. The second kappa shape index (κ2) is 9.36. The van der Waals surface area contributed by atoms with E-state index in [4.69, 9.17) is 9.47 Å². The fraction of sp³-hybridized carbons (Fsp3) is 0.400. The van der Waals surface area contributed by atoms with E-state index >= 15 is 0 Å². The van der Waals surface area contributed by atoms with Crippen LogP contribution in [-0.4, -0.2) is 33.9 Å². The highest BCUT2D eigenvalue weighted by molar-refractivity contribution is 5.61. The van der Waals surface area contributed by atoms with Crippen molar-refractivity contribution in [2.45, 2.75) is 39.3 Å². The van der Waals surface area contributed by atoms with Crippen LogP contribution in [0, 0.1) is 28.4 Å². The number of nitriles is 1. The van der Waals surface area contributed by atoms with E-state index in [1.807, 2.05) is 6.07 Å². The molecule has 1 aliphatic heterocycles. The second-order valence-corrected chi connectivity index (χ2v) is 6.88. The molecule has 1 unspecified atom stereocenters. The summed E-state index contributed by atoms with van der Waals surface area (Å²) in [7, 11) is 0. The number of aromatic nitrogens is 1. The summed E-state index contributed by atoms with van der Waals surface area (Å²) in [4.78, 5) is 23.8. The second-order valence-electron chi connectivity index (χ2n) is 6.88. The van der Waals surface area contributed by atoms with Crippen LogP contribution in [0.15, 0.2) is 33.2 Å². The van der Waals surface area contributed by atoms with Gasteiger partial charge < -0.3 is 14.6 Å². The SMILES string of the molecule is CCOc1ccc(N=Nc2c(C)c(C#N)c(O)n(CC3CCCO3)c2=O)c([N+](=O)[O-])c1. The lowest BCUT2D eigenvalue weighted by molar-refractivity contribution is -0.384. The van der Waals surface area contributed by atoms with E-state index in [-0.39, 0.29) is 40.8 Å². The summed E-state index contributed by atoms with van der Waals surface area (Å²) < 4.78 is 11.8. The molecule has 3 rings (SSSR count). The first-order chi connectivity index (χ1) is 14.9. The van der Waals surface area contributed by atoms with Crippen molar-refractivity contribution in [3.8, 4) is 17.7 Å². The fourth-order valence-corrected chi connectivity index (χ4v) is 3.31. The Morgan fingerprint density at radius 1 is 1.45 bits per heavy atom. The molecule has 1 fully saturated rings. The van der Waals surface area contributed by atoms with Crippen LogP contribution in [-0.2, 0) is 11.3 Å². The molecule has 0 aliphatic carbocycles. The minimum atomic E-state index is -0.665. The zero-order valence-electron chi connectivity index (χ0n) is 17.1. The number of hydrogen-bond acceptors (Lipinski definition) is 9. The maximum atomic E-state index is 13.0. The maximum absolute atomic E-state index is 13.0. The molecule has 11 nitrogen and oxygen atoms in total. The van der Waals surface area contributed by atoms with Crippen LogP contribution in [0.3, 0.4) is 0 Å². The Kier molecular flexibility index (Phi) is 6.61. The van der Waals surface area contributed by atoms with Crippen LogP contribution in [0.4, 0.5) is 17.1 Å². The number of pyridine rings is 1. The van der Waals surface area contributed by atoms with Gasteiger partial charge in [0.15, 0.2) is 11.4 Å². The van der Waals surface area contributed by atoms with E-state index < -0.39 is 16.4 Å². The summed E-state index contributed by atoms with van der Waals surface area (Å²) in [5.41, 5.74) is -1.26. The molecule has 0 bridgehead atoms. The lowest BCUT2D eigenvalue weighted by atomic mass is 10.1. The number of aromatic hydroxyl groups is 1. The third-order valence-electron chi connectivity index (χ3n) is 4.89. The van der Waals surface area contributed by atoms with Crippen LogP contribution in [0.25, 0.3) is 0 Å². The predicted molar refractivity (Wildman–Crippen MR) is 109 cm³/mol. The van der Waals surface area contributed by atoms with Gasteiger partial charge in [-0.3, -0.25) is 19.5 Å². The minimum Gasteiger partial charge on any atom is -0.494 e. The molecule has 1 aliphatic rings. The molecule has 31 heavy (non-hydrogen) atoms. The van der Waals surface area contributed by atoms with Crippen LogP contribution >= 0.6 is 0 Å². The molecule has 1 N–H and O–H groups in total. The molecule has 11 heteroatoms. The number of benzene rings is 1. The van der Waals surface area contributed by atoms with Crippen molar-refractivity contribution in [3.05, 3.63) is 49.8 Å². The summed E-state index contributed by atoms with van der Waals surface area (Å²) in [6, 6.07) is 5.95. The van der Waals surface area contributed by atoms with Gasteiger partial charge in [0.05, 0.1) is 30.2 Å². The van der Waals surface area contributed by atoms with Crippen LogP contribution < -0.4 is 10.3 Å². The van der Waals surface area contributed by atoms with Gasteiger partial charge in [-0.2, -0.15) is 5.26 Å². The molecule has 1 saturated heterocycles. The third kappa shape index (κ3) is 4.54. The number of nitrogens with zero attached hydrogens (tertiary/aromatic N) is 5.